The Bertz CT molecular complexity index is 646. The second-order valence-electron chi connectivity index (χ2n) is 4.19. The maximum Gasteiger partial charge on any atom is 0.260 e. The number of amides is 1. The SMILES string of the molecule is COc1cccc(N(C)C(=O)c2ccc(Br)cc2F)c1. The maximum atomic E-state index is 13.8. The highest BCUT2D eigenvalue weighted by Gasteiger charge is 2.17. The molecule has 0 radical (unpaired) electrons. The van der Waals surface area contributed by atoms with Crippen LogP contribution in [0.15, 0.2) is 46.9 Å². The molecule has 0 fully saturated rings. The summed E-state index contributed by atoms with van der Waals surface area (Å²) in [5.74, 6) is -0.333. The quantitative estimate of drug-likeness (QED) is 0.850. The number of nitrogens with zero attached hydrogens (tertiary/aromatic N) is 1. The van der Waals surface area contributed by atoms with Crippen LogP contribution in [0, 0.1) is 5.82 Å². The smallest absolute Gasteiger partial charge is 0.260 e. The zero-order valence-electron chi connectivity index (χ0n) is 11.1. The maximum absolute atomic E-state index is 13.8. The predicted molar refractivity (Wildman–Crippen MR) is 79.8 cm³/mol. The molecule has 20 heavy (non-hydrogen) atoms. The summed E-state index contributed by atoms with van der Waals surface area (Å²) in [5.41, 5.74) is 0.662. The van der Waals surface area contributed by atoms with Crippen molar-refractivity contribution in [3.8, 4) is 5.75 Å². The van der Waals surface area contributed by atoms with Gasteiger partial charge in [0.25, 0.3) is 5.91 Å². The Kier molecular flexibility index (Phi) is 4.39. The standard InChI is InChI=1S/C15H13BrFNO2/c1-18(11-4-3-5-12(9-11)20-2)15(19)13-7-6-10(16)8-14(13)17/h3-9H,1-2H3. The number of ether oxygens (including phenoxy) is 1. The van der Waals surface area contributed by atoms with Crippen LogP contribution in [-0.2, 0) is 0 Å². The Balaban J connectivity index is 2.32. The highest BCUT2D eigenvalue weighted by molar-refractivity contribution is 9.10. The molecule has 0 aromatic heterocycles. The lowest BCUT2D eigenvalue weighted by atomic mass is 10.1. The number of halogens is 2. The summed E-state index contributed by atoms with van der Waals surface area (Å²) >= 11 is 3.16. The van der Waals surface area contributed by atoms with E-state index in [1.807, 2.05) is 0 Å². The molecule has 0 aliphatic rings. The summed E-state index contributed by atoms with van der Waals surface area (Å²) in [6.07, 6.45) is 0. The van der Waals surface area contributed by atoms with Crippen molar-refractivity contribution in [3.63, 3.8) is 0 Å². The van der Waals surface area contributed by atoms with E-state index in [9.17, 15) is 9.18 Å². The van der Waals surface area contributed by atoms with E-state index in [0.717, 1.165) is 0 Å². The molecule has 0 aliphatic carbocycles. The molecule has 0 N–H and O–H groups in total. The normalized spacial score (nSPS) is 10.2. The van der Waals surface area contributed by atoms with Gasteiger partial charge in [0, 0.05) is 23.3 Å². The van der Waals surface area contributed by atoms with Crippen molar-refractivity contribution in [1.82, 2.24) is 0 Å². The van der Waals surface area contributed by atoms with Gasteiger partial charge in [-0.05, 0) is 30.3 Å². The summed E-state index contributed by atoms with van der Waals surface area (Å²) in [6, 6.07) is 11.4. The first-order valence-corrected chi connectivity index (χ1v) is 6.69. The van der Waals surface area contributed by atoms with E-state index in [4.69, 9.17) is 4.74 Å². The van der Waals surface area contributed by atoms with Gasteiger partial charge in [0.1, 0.15) is 11.6 Å². The molecule has 104 valence electrons. The third-order valence-electron chi connectivity index (χ3n) is 2.91. The minimum absolute atomic E-state index is 0.0264. The van der Waals surface area contributed by atoms with Crippen LogP contribution in [0.3, 0.4) is 0 Å². The number of anilines is 1. The van der Waals surface area contributed by atoms with Crippen LogP contribution in [0.5, 0.6) is 5.75 Å². The molecule has 0 atom stereocenters. The lowest BCUT2D eigenvalue weighted by Gasteiger charge is -2.18. The minimum Gasteiger partial charge on any atom is -0.497 e. The fourth-order valence-corrected chi connectivity index (χ4v) is 2.11. The largest absolute Gasteiger partial charge is 0.497 e. The Morgan fingerprint density at radius 1 is 1.25 bits per heavy atom. The Morgan fingerprint density at radius 2 is 2.00 bits per heavy atom. The molecule has 0 heterocycles. The van der Waals surface area contributed by atoms with Crippen molar-refractivity contribution >= 4 is 27.5 Å². The van der Waals surface area contributed by atoms with Crippen LogP contribution in [0.25, 0.3) is 0 Å². The van der Waals surface area contributed by atoms with E-state index < -0.39 is 11.7 Å². The van der Waals surface area contributed by atoms with Gasteiger partial charge in [-0.15, -0.1) is 0 Å². The molecule has 1 amide bonds. The summed E-state index contributed by atoms with van der Waals surface area (Å²) in [7, 11) is 3.15. The van der Waals surface area contributed by atoms with Crippen molar-refractivity contribution < 1.29 is 13.9 Å². The second kappa shape index (κ2) is 6.05. The molecule has 0 aliphatic heterocycles. The van der Waals surface area contributed by atoms with E-state index in [0.29, 0.717) is 15.9 Å². The van der Waals surface area contributed by atoms with Gasteiger partial charge < -0.3 is 9.64 Å². The number of rotatable bonds is 3. The zero-order valence-corrected chi connectivity index (χ0v) is 12.6. The van der Waals surface area contributed by atoms with Gasteiger partial charge >= 0.3 is 0 Å². The van der Waals surface area contributed by atoms with Gasteiger partial charge in [-0.1, -0.05) is 22.0 Å². The molecule has 0 saturated carbocycles. The first kappa shape index (κ1) is 14.5. The molecule has 5 heteroatoms. The molecular weight excluding hydrogens is 325 g/mol. The number of hydrogen-bond donors (Lipinski definition) is 0. The molecular formula is C15H13BrFNO2. The van der Waals surface area contributed by atoms with Crippen LogP contribution in [0.4, 0.5) is 10.1 Å². The van der Waals surface area contributed by atoms with Gasteiger partial charge in [-0.25, -0.2) is 4.39 Å². The fourth-order valence-electron chi connectivity index (χ4n) is 1.78. The molecule has 2 aromatic rings. The van der Waals surface area contributed by atoms with Crippen molar-refractivity contribution in [2.45, 2.75) is 0 Å². The average Bonchev–Trinajstić information content (AvgIpc) is 2.46. The number of hydrogen-bond acceptors (Lipinski definition) is 2. The Hall–Kier alpha value is -1.88. The van der Waals surface area contributed by atoms with Gasteiger partial charge in [-0.3, -0.25) is 4.79 Å². The Morgan fingerprint density at radius 3 is 2.65 bits per heavy atom. The van der Waals surface area contributed by atoms with E-state index in [-0.39, 0.29) is 5.56 Å². The molecule has 0 unspecified atom stereocenters. The summed E-state index contributed by atoms with van der Waals surface area (Å²) in [5, 5.41) is 0. The first-order valence-electron chi connectivity index (χ1n) is 5.90. The molecule has 0 spiro atoms. The minimum atomic E-state index is -0.556. The average molecular weight is 338 g/mol. The number of carbonyl (C=O) groups excluding carboxylic acids is 1. The van der Waals surface area contributed by atoms with Gasteiger partial charge in [0.15, 0.2) is 0 Å². The topological polar surface area (TPSA) is 29.5 Å². The van der Waals surface area contributed by atoms with Crippen LogP contribution in [-0.4, -0.2) is 20.1 Å². The van der Waals surface area contributed by atoms with Gasteiger partial charge in [0.05, 0.1) is 12.7 Å². The van der Waals surface area contributed by atoms with Crippen molar-refractivity contribution in [2.75, 3.05) is 19.1 Å². The molecule has 0 bridgehead atoms. The van der Waals surface area contributed by atoms with Crippen molar-refractivity contribution in [3.05, 3.63) is 58.3 Å². The highest BCUT2D eigenvalue weighted by Crippen LogP contribution is 2.23. The van der Waals surface area contributed by atoms with Crippen molar-refractivity contribution in [1.29, 1.82) is 0 Å². The second-order valence-corrected chi connectivity index (χ2v) is 5.11. The highest BCUT2D eigenvalue weighted by atomic mass is 79.9. The molecule has 0 saturated heterocycles. The van der Waals surface area contributed by atoms with Crippen LogP contribution < -0.4 is 9.64 Å². The number of carbonyl (C=O) groups is 1. The lowest BCUT2D eigenvalue weighted by Crippen LogP contribution is -2.27. The van der Waals surface area contributed by atoms with E-state index in [1.54, 1.807) is 44.5 Å². The summed E-state index contributed by atoms with van der Waals surface area (Å²) in [6.45, 7) is 0. The zero-order chi connectivity index (χ0) is 14.7. The molecule has 2 rings (SSSR count). The van der Waals surface area contributed by atoms with Crippen LogP contribution >= 0.6 is 15.9 Å². The first-order chi connectivity index (χ1) is 9.52. The number of benzene rings is 2. The summed E-state index contributed by atoms with van der Waals surface area (Å²) < 4.78 is 19.5. The van der Waals surface area contributed by atoms with E-state index in [2.05, 4.69) is 15.9 Å². The van der Waals surface area contributed by atoms with E-state index in [1.165, 1.54) is 17.0 Å². The van der Waals surface area contributed by atoms with Gasteiger partial charge in [0.2, 0.25) is 0 Å². The Labute approximate surface area is 125 Å². The fraction of sp³-hybridized carbons (Fsp3) is 0.133. The van der Waals surface area contributed by atoms with Crippen LogP contribution in [0.1, 0.15) is 10.4 Å². The van der Waals surface area contributed by atoms with Crippen LogP contribution in [0.2, 0.25) is 0 Å². The third kappa shape index (κ3) is 2.99. The number of methoxy groups -OCH3 is 1. The third-order valence-corrected chi connectivity index (χ3v) is 3.40. The molecule has 2 aromatic carbocycles. The molecule has 3 nitrogen and oxygen atoms in total. The van der Waals surface area contributed by atoms with Crippen molar-refractivity contribution in [2.24, 2.45) is 0 Å². The van der Waals surface area contributed by atoms with Gasteiger partial charge in [-0.2, -0.15) is 0 Å². The predicted octanol–water partition coefficient (Wildman–Crippen LogP) is 3.87. The van der Waals surface area contributed by atoms with E-state index >= 15 is 0 Å². The monoisotopic (exact) mass is 337 g/mol. The summed E-state index contributed by atoms with van der Waals surface area (Å²) in [4.78, 5) is 13.7. The lowest BCUT2D eigenvalue weighted by molar-refractivity contribution is 0.0989.